The molecule has 1 aliphatic carbocycles. The maximum absolute atomic E-state index is 12.4. The van der Waals surface area contributed by atoms with Crippen molar-refractivity contribution in [2.75, 3.05) is 12.4 Å². The Morgan fingerprint density at radius 3 is 2.84 bits per heavy atom. The van der Waals surface area contributed by atoms with Gasteiger partial charge < -0.3 is 19.9 Å². The van der Waals surface area contributed by atoms with Gasteiger partial charge in [-0.25, -0.2) is 9.78 Å². The molecule has 0 bridgehead atoms. The number of thiazole rings is 1. The molecule has 0 spiro atoms. The van der Waals surface area contributed by atoms with E-state index >= 15 is 0 Å². The lowest BCUT2D eigenvalue weighted by Crippen LogP contribution is -2.11. The fraction of sp³-hybridized carbons (Fsp3) is 0.458. The molecule has 1 aliphatic heterocycles. The number of phenolic OH excluding ortho intramolecular Hbond substituents is 1. The van der Waals surface area contributed by atoms with Crippen molar-refractivity contribution in [3.8, 4) is 11.5 Å². The standard InChI is InChI=1S/C24H28N2O5S/c1-13(9-11-19(27)26-24-25-17-6-4-5-7-18(17)32-24)8-10-15-21(28)20-16(12-31-23(20)29)14(2)22(15)30-3/h8,28H,4-7,9-12H2,1-3H3,(H,25,26,27)/b13-8+. The number of aromatic hydroxyl groups is 1. The molecule has 7 nitrogen and oxygen atoms in total. The maximum Gasteiger partial charge on any atom is 0.342 e. The van der Waals surface area contributed by atoms with Crippen molar-refractivity contribution >= 4 is 28.3 Å². The summed E-state index contributed by atoms with van der Waals surface area (Å²) in [5.41, 5.74) is 4.41. The molecule has 8 heteroatoms. The van der Waals surface area contributed by atoms with Crippen LogP contribution in [0.15, 0.2) is 11.6 Å². The smallest absolute Gasteiger partial charge is 0.342 e. The summed E-state index contributed by atoms with van der Waals surface area (Å²) < 4.78 is 10.6. The molecular formula is C24H28N2O5S. The predicted molar refractivity (Wildman–Crippen MR) is 123 cm³/mol. The zero-order valence-corrected chi connectivity index (χ0v) is 19.5. The van der Waals surface area contributed by atoms with Crippen LogP contribution in [-0.4, -0.2) is 29.1 Å². The molecule has 2 heterocycles. The fourth-order valence-corrected chi connectivity index (χ4v) is 5.37. The number of fused-ring (bicyclic) bond motifs is 2. The van der Waals surface area contributed by atoms with Gasteiger partial charge in [0.05, 0.1) is 12.8 Å². The minimum Gasteiger partial charge on any atom is -0.507 e. The summed E-state index contributed by atoms with van der Waals surface area (Å²) >= 11 is 1.59. The van der Waals surface area contributed by atoms with E-state index in [1.807, 2.05) is 19.9 Å². The molecule has 0 saturated heterocycles. The summed E-state index contributed by atoms with van der Waals surface area (Å²) in [5, 5.41) is 14.3. The van der Waals surface area contributed by atoms with Gasteiger partial charge in [-0.15, -0.1) is 11.3 Å². The number of aryl methyl sites for hydroxylation is 2. The van der Waals surface area contributed by atoms with Crippen LogP contribution in [0.3, 0.4) is 0 Å². The number of aromatic nitrogens is 1. The number of benzene rings is 1. The number of allylic oxidation sites excluding steroid dienone is 2. The van der Waals surface area contributed by atoms with Gasteiger partial charge in [0.15, 0.2) is 5.13 Å². The molecule has 1 aromatic heterocycles. The van der Waals surface area contributed by atoms with Crippen molar-refractivity contribution in [1.82, 2.24) is 4.98 Å². The van der Waals surface area contributed by atoms with E-state index in [4.69, 9.17) is 9.47 Å². The van der Waals surface area contributed by atoms with Crippen molar-refractivity contribution in [2.24, 2.45) is 0 Å². The number of methoxy groups -OCH3 is 1. The molecular weight excluding hydrogens is 428 g/mol. The number of nitrogens with one attached hydrogen (secondary N) is 1. The van der Waals surface area contributed by atoms with E-state index in [1.54, 1.807) is 18.4 Å². The van der Waals surface area contributed by atoms with Gasteiger partial charge in [-0.2, -0.15) is 0 Å². The van der Waals surface area contributed by atoms with Crippen LogP contribution >= 0.6 is 11.3 Å². The van der Waals surface area contributed by atoms with Gasteiger partial charge in [0.1, 0.15) is 23.7 Å². The van der Waals surface area contributed by atoms with E-state index in [0.717, 1.165) is 29.7 Å². The lowest BCUT2D eigenvalue weighted by Gasteiger charge is -2.15. The van der Waals surface area contributed by atoms with Crippen LogP contribution in [0.1, 0.15) is 70.2 Å². The number of rotatable bonds is 7. The summed E-state index contributed by atoms with van der Waals surface area (Å²) in [6, 6.07) is 0. The monoisotopic (exact) mass is 456 g/mol. The van der Waals surface area contributed by atoms with E-state index in [0.29, 0.717) is 41.3 Å². The molecule has 2 N–H and O–H groups in total. The predicted octanol–water partition coefficient (Wildman–Crippen LogP) is 4.62. The van der Waals surface area contributed by atoms with Crippen LogP contribution in [0.5, 0.6) is 11.5 Å². The van der Waals surface area contributed by atoms with Gasteiger partial charge in [-0.3, -0.25) is 4.79 Å². The first-order valence-electron chi connectivity index (χ1n) is 10.9. The molecule has 2 aliphatic rings. The second-order valence-corrected chi connectivity index (χ2v) is 9.40. The molecule has 0 atom stereocenters. The lowest BCUT2D eigenvalue weighted by molar-refractivity contribution is -0.116. The first-order valence-corrected chi connectivity index (χ1v) is 11.7. The van der Waals surface area contributed by atoms with Gasteiger partial charge in [0, 0.05) is 22.4 Å². The van der Waals surface area contributed by atoms with E-state index in [-0.39, 0.29) is 23.8 Å². The van der Waals surface area contributed by atoms with Crippen LogP contribution in [0.4, 0.5) is 5.13 Å². The Balaban J connectivity index is 1.39. The Morgan fingerprint density at radius 1 is 1.31 bits per heavy atom. The van der Waals surface area contributed by atoms with Crippen LogP contribution < -0.4 is 10.1 Å². The fourth-order valence-electron chi connectivity index (χ4n) is 4.30. The highest BCUT2D eigenvalue weighted by molar-refractivity contribution is 7.15. The van der Waals surface area contributed by atoms with Crippen molar-refractivity contribution in [2.45, 2.75) is 65.4 Å². The quantitative estimate of drug-likeness (QED) is 0.466. The number of carbonyl (C=O) groups is 2. The Kier molecular flexibility index (Phi) is 6.50. The van der Waals surface area contributed by atoms with E-state index in [1.165, 1.54) is 17.7 Å². The van der Waals surface area contributed by atoms with Gasteiger partial charge >= 0.3 is 5.97 Å². The number of ether oxygens (including phenoxy) is 2. The Morgan fingerprint density at radius 2 is 2.09 bits per heavy atom. The number of amides is 1. The first kappa shape index (κ1) is 22.3. The molecule has 32 heavy (non-hydrogen) atoms. The second kappa shape index (κ2) is 9.32. The van der Waals surface area contributed by atoms with Gasteiger partial charge in [0.2, 0.25) is 5.91 Å². The molecule has 4 rings (SSSR count). The molecule has 0 saturated carbocycles. The summed E-state index contributed by atoms with van der Waals surface area (Å²) in [4.78, 5) is 30.3. The van der Waals surface area contributed by atoms with Crippen LogP contribution in [0.25, 0.3) is 0 Å². The maximum atomic E-state index is 12.4. The number of hydrogen-bond acceptors (Lipinski definition) is 7. The highest BCUT2D eigenvalue weighted by atomic mass is 32.1. The normalized spacial score (nSPS) is 15.2. The number of anilines is 1. The Labute approximate surface area is 191 Å². The Bertz CT molecular complexity index is 1080. The number of phenols is 1. The third kappa shape index (κ3) is 4.37. The largest absolute Gasteiger partial charge is 0.507 e. The number of cyclic esters (lactones) is 1. The Hall–Kier alpha value is -2.87. The van der Waals surface area contributed by atoms with Crippen molar-refractivity contribution in [1.29, 1.82) is 0 Å². The molecule has 170 valence electrons. The molecule has 0 fully saturated rings. The summed E-state index contributed by atoms with van der Waals surface area (Å²) in [6.07, 6.45) is 7.71. The van der Waals surface area contributed by atoms with Gasteiger partial charge in [0.25, 0.3) is 0 Å². The third-order valence-electron chi connectivity index (χ3n) is 6.14. The van der Waals surface area contributed by atoms with Crippen LogP contribution in [0, 0.1) is 6.92 Å². The summed E-state index contributed by atoms with van der Waals surface area (Å²) in [5.74, 6) is -0.0836. The number of nitrogens with zero attached hydrogens (tertiary/aromatic N) is 1. The highest BCUT2D eigenvalue weighted by Crippen LogP contribution is 2.42. The highest BCUT2D eigenvalue weighted by Gasteiger charge is 2.31. The zero-order chi connectivity index (χ0) is 22.8. The number of esters is 1. The molecule has 1 aromatic carbocycles. The average Bonchev–Trinajstić information content (AvgIpc) is 3.36. The molecule has 1 amide bonds. The zero-order valence-electron chi connectivity index (χ0n) is 18.7. The minimum absolute atomic E-state index is 0.0552. The van der Waals surface area contributed by atoms with Crippen molar-refractivity contribution < 1.29 is 24.2 Å². The number of carbonyl (C=O) groups excluding carboxylic acids is 2. The number of hydrogen-bond donors (Lipinski definition) is 2. The summed E-state index contributed by atoms with van der Waals surface area (Å²) in [6.45, 7) is 3.96. The molecule has 2 aromatic rings. The lowest BCUT2D eigenvalue weighted by atomic mass is 9.94. The van der Waals surface area contributed by atoms with E-state index in [2.05, 4.69) is 10.3 Å². The van der Waals surface area contributed by atoms with Crippen LogP contribution in [0.2, 0.25) is 0 Å². The molecule has 0 radical (unpaired) electrons. The van der Waals surface area contributed by atoms with Gasteiger partial charge in [-0.05, 0) is 57.9 Å². The second-order valence-electron chi connectivity index (χ2n) is 8.31. The topological polar surface area (TPSA) is 97.8 Å². The van der Waals surface area contributed by atoms with Crippen molar-refractivity contribution in [3.63, 3.8) is 0 Å². The molecule has 0 unspecified atom stereocenters. The van der Waals surface area contributed by atoms with E-state index in [9.17, 15) is 14.7 Å². The first-order chi connectivity index (χ1) is 15.4. The average molecular weight is 457 g/mol. The van der Waals surface area contributed by atoms with Crippen molar-refractivity contribution in [3.05, 3.63) is 44.5 Å². The third-order valence-corrected chi connectivity index (χ3v) is 7.21. The van der Waals surface area contributed by atoms with Gasteiger partial charge in [-0.1, -0.05) is 11.6 Å². The summed E-state index contributed by atoms with van der Waals surface area (Å²) in [7, 11) is 1.55. The van der Waals surface area contributed by atoms with Crippen LogP contribution in [-0.2, 0) is 35.4 Å². The SMILES string of the molecule is COc1c(C)c2c(c(O)c1C/C=C(\C)CCC(=O)Nc1nc3c(s1)CCCC3)C(=O)OC2. The van der Waals surface area contributed by atoms with E-state index < -0.39 is 5.97 Å². The minimum atomic E-state index is -0.509.